The zero-order chi connectivity index (χ0) is 18.0. The van der Waals surface area contributed by atoms with E-state index in [0.717, 1.165) is 34.2 Å². The third kappa shape index (κ3) is 4.39. The van der Waals surface area contributed by atoms with Crippen LogP contribution < -0.4 is 5.32 Å². The fraction of sp³-hybridized carbons (Fsp3) is 0.500. The lowest BCUT2D eigenvalue weighted by atomic mass is 9.96. The van der Waals surface area contributed by atoms with Crippen molar-refractivity contribution in [2.75, 3.05) is 19.6 Å². The van der Waals surface area contributed by atoms with Gasteiger partial charge in [-0.15, -0.1) is 0 Å². The average molecular weight is 404 g/mol. The normalized spacial score (nSPS) is 18.7. The van der Waals surface area contributed by atoms with Crippen LogP contribution in [-0.2, 0) is 0 Å². The number of benzene rings is 1. The fourth-order valence-corrected chi connectivity index (χ4v) is 3.94. The molecule has 5 heteroatoms. The molecule has 1 aromatic heterocycles. The molecule has 3 rings (SSSR count). The van der Waals surface area contributed by atoms with Gasteiger partial charge in [0.05, 0.1) is 11.1 Å². The van der Waals surface area contributed by atoms with Gasteiger partial charge in [-0.25, -0.2) is 0 Å². The van der Waals surface area contributed by atoms with Crippen LogP contribution in [0.15, 0.2) is 28.7 Å². The van der Waals surface area contributed by atoms with Crippen LogP contribution in [0.1, 0.15) is 42.7 Å². The van der Waals surface area contributed by atoms with Crippen molar-refractivity contribution in [3.8, 4) is 0 Å². The maximum atomic E-state index is 12.8. The summed E-state index contributed by atoms with van der Waals surface area (Å²) in [6.45, 7) is 9.39. The number of hydrogen-bond acceptors (Lipinski definition) is 3. The molecule has 134 valence electrons. The lowest BCUT2D eigenvalue weighted by Gasteiger charge is -2.35. The highest BCUT2D eigenvalue weighted by Gasteiger charge is 2.22. The Morgan fingerprint density at radius 3 is 2.96 bits per heavy atom. The summed E-state index contributed by atoms with van der Waals surface area (Å²) in [5.41, 5.74) is 2.43. The van der Waals surface area contributed by atoms with Crippen molar-refractivity contribution in [2.45, 2.75) is 39.7 Å². The predicted molar refractivity (Wildman–Crippen MR) is 106 cm³/mol. The number of piperidine rings is 1. The Balaban J connectivity index is 1.73. The quantitative estimate of drug-likeness (QED) is 0.833. The number of nitrogens with one attached hydrogen (secondary N) is 1. The molecule has 2 aromatic rings. The van der Waals surface area contributed by atoms with Crippen molar-refractivity contribution in [3.63, 3.8) is 0 Å². The van der Waals surface area contributed by atoms with E-state index in [2.05, 4.69) is 45.0 Å². The number of carbonyl (C=O) groups is 1. The Labute approximate surface area is 158 Å². The molecule has 0 aliphatic carbocycles. The minimum atomic E-state index is -0.00438. The molecule has 1 unspecified atom stereocenters. The molecular weight excluding hydrogens is 378 g/mol. The number of fused-ring (bicyclic) bond motifs is 1. The van der Waals surface area contributed by atoms with Crippen LogP contribution in [0.5, 0.6) is 0 Å². The zero-order valence-electron chi connectivity index (χ0n) is 15.2. The fourth-order valence-electron chi connectivity index (χ4n) is 3.58. The summed E-state index contributed by atoms with van der Waals surface area (Å²) < 4.78 is 0.958. The molecule has 1 saturated heterocycles. The monoisotopic (exact) mass is 403 g/mol. The van der Waals surface area contributed by atoms with Crippen molar-refractivity contribution in [1.29, 1.82) is 0 Å². The van der Waals surface area contributed by atoms with Crippen molar-refractivity contribution in [3.05, 3.63) is 40.0 Å². The van der Waals surface area contributed by atoms with Crippen LogP contribution in [0, 0.1) is 12.8 Å². The molecule has 1 aromatic carbocycles. The summed E-state index contributed by atoms with van der Waals surface area (Å²) in [4.78, 5) is 19.8. The van der Waals surface area contributed by atoms with E-state index in [1.807, 2.05) is 31.2 Å². The van der Waals surface area contributed by atoms with E-state index >= 15 is 0 Å². The first-order valence-electron chi connectivity index (χ1n) is 9.03. The third-order valence-electron chi connectivity index (χ3n) is 4.98. The molecule has 1 N–H and O–H groups in total. The number of halogens is 1. The van der Waals surface area contributed by atoms with Crippen molar-refractivity contribution < 1.29 is 4.79 Å². The zero-order valence-corrected chi connectivity index (χ0v) is 16.8. The lowest BCUT2D eigenvalue weighted by molar-refractivity contribution is 0.0924. The molecule has 2 heterocycles. The number of nitrogens with zero attached hydrogens (tertiary/aromatic N) is 2. The predicted octanol–water partition coefficient (Wildman–Crippen LogP) is 4.16. The van der Waals surface area contributed by atoms with E-state index in [-0.39, 0.29) is 5.91 Å². The third-order valence-corrected chi connectivity index (χ3v) is 5.47. The highest BCUT2D eigenvalue weighted by Crippen LogP contribution is 2.23. The van der Waals surface area contributed by atoms with Gasteiger partial charge < -0.3 is 10.2 Å². The molecule has 1 aliphatic rings. The summed E-state index contributed by atoms with van der Waals surface area (Å²) in [6.07, 6.45) is 2.40. The lowest BCUT2D eigenvalue weighted by Crippen LogP contribution is -2.43. The molecule has 0 spiro atoms. The molecule has 1 aliphatic heterocycles. The number of hydrogen-bond donors (Lipinski definition) is 1. The van der Waals surface area contributed by atoms with E-state index in [9.17, 15) is 4.79 Å². The summed E-state index contributed by atoms with van der Waals surface area (Å²) in [6, 6.07) is 8.33. The van der Waals surface area contributed by atoms with Gasteiger partial charge in [0.1, 0.15) is 0 Å². The Hall–Kier alpha value is -1.46. The Bertz CT molecular complexity index is 775. The first-order chi connectivity index (χ1) is 11.9. The van der Waals surface area contributed by atoms with Crippen LogP contribution in [0.4, 0.5) is 0 Å². The highest BCUT2D eigenvalue weighted by molar-refractivity contribution is 9.10. The number of rotatable bonds is 4. The first-order valence-corrected chi connectivity index (χ1v) is 9.82. The molecular formula is C20H26BrN3O. The molecule has 0 radical (unpaired) electrons. The van der Waals surface area contributed by atoms with Crippen molar-refractivity contribution in [2.24, 2.45) is 5.92 Å². The van der Waals surface area contributed by atoms with Crippen LogP contribution in [0.25, 0.3) is 10.9 Å². The Kier molecular flexibility index (Phi) is 5.74. The molecule has 0 saturated carbocycles. The first kappa shape index (κ1) is 18.3. The Morgan fingerprint density at radius 2 is 2.20 bits per heavy atom. The molecule has 25 heavy (non-hydrogen) atoms. The van der Waals surface area contributed by atoms with Crippen LogP contribution >= 0.6 is 15.9 Å². The van der Waals surface area contributed by atoms with E-state index in [0.29, 0.717) is 17.5 Å². The minimum absolute atomic E-state index is 0.00438. The van der Waals surface area contributed by atoms with Gasteiger partial charge in [-0.1, -0.05) is 15.9 Å². The van der Waals surface area contributed by atoms with Gasteiger partial charge in [-0.3, -0.25) is 9.78 Å². The second kappa shape index (κ2) is 7.83. The minimum Gasteiger partial charge on any atom is -0.352 e. The smallest absolute Gasteiger partial charge is 0.252 e. The SMILES string of the molecule is Cc1cc(C(=O)NCC2CCCN(C(C)C)C2)c2cc(Br)ccc2n1. The number of pyridine rings is 1. The summed E-state index contributed by atoms with van der Waals surface area (Å²) in [7, 11) is 0. The highest BCUT2D eigenvalue weighted by atomic mass is 79.9. The molecule has 1 fully saturated rings. The van der Waals surface area contributed by atoms with E-state index in [1.165, 1.54) is 19.4 Å². The Morgan fingerprint density at radius 1 is 1.40 bits per heavy atom. The summed E-state index contributed by atoms with van der Waals surface area (Å²) >= 11 is 3.49. The van der Waals surface area contributed by atoms with E-state index < -0.39 is 0 Å². The number of aryl methyl sites for hydroxylation is 1. The van der Waals surface area contributed by atoms with Crippen molar-refractivity contribution >= 4 is 32.7 Å². The molecule has 4 nitrogen and oxygen atoms in total. The van der Waals surface area contributed by atoms with Crippen LogP contribution in [-0.4, -0.2) is 41.5 Å². The number of aromatic nitrogens is 1. The maximum Gasteiger partial charge on any atom is 0.252 e. The number of likely N-dealkylation sites (tertiary alicyclic amines) is 1. The van der Waals surface area contributed by atoms with Gasteiger partial charge in [0.2, 0.25) is 0 Å². The standard InChI is InChI=1S/C20H26BrN3O/c1-13(2)24-8-4-5-15(12-24)11-22-20(25)18-9-14(3)23-19-7-6-16(21)10-17(18)19/h6-7,9-10,13,15H,4-5,8,11-12H2,1-3H3,(H,22,25). The molecule has 1 amide bonds. The van der Waals surface area contributed by atoms with Gasteiger partial charge in [-0.2, -0.15) is 0 Å². The van der Waals surface area contributed by atoms with Gasteiger partial charge >= 0.3 is 0 Å². The largest absolute Gasteiger partial charge is 0.352 e. The van der Waals surface area contributed by atoms with Crippen LogP contribution in [0.2, 0.25) is 0 Å². The number of amides is 1. The summed E-state index contributed by atoms with van der Waals surface area (Å²) in [5, 5.41) is 4.05. The van der Waals surface area contributed by atoms with Crippen LogP contribution in [0.3, 0.4) is 0 Å². The van der Waals surface area contributed by atoms with E-state index in [1.54, 1.807) is 0 Å². The van der Waals surface area contributed by atoms with Gasteiger partial charge in [0.25, 0.3) is 5.91 Å². The second-order valence-corrected chi connectivity index (χ2v) is 8.20. The average Bonchev–Trinajstić information content (AvgIpc) is 2.59. The maximum absolute atomic E-state index is 12.8. The van der Waals surface area contributed by atoms with Gasteiger partial charge in [0, 0.05) is 34.7 Å². The van der Waals surface area contributed by atoms with Gasteiger partial charge in [-0.05, 0) is 70.3 Å². The molecule has 1 atom stereocenters. The topological polar surface area (TPSA) is 45.2 Å². The molecule has 0 bridgehead atoms. The summed E-state index contributed by atoms with van der Waals surface area (Å²) in [5.74, 6) is 0.524. The number of carbonyl (C=O) groups excluding carboxylic acids is 1. The van der Waals surface area contributed by atoms with E-state index in [4.69, 9.17) is 0 Å². The van der Waals surface area contributed by atoms with Crippen molar-refractivity contribution in [1.82, 2.24) is 15.2 Å². The van der Waals surface area contributed by atoms with Gasteiger partial charge in [0.15, 0.2) is 0 Å². The second-order valence-electron chi connectivity index (χ2n) is 7.28.